The largest absolute Gasteiger partial charge is 0.278 e. The third-order valence-corrected chi connectivity index (χ3v) is 2.53. The van der Waals surface area contributed by atoms with Crippen LogP contribution in [-0.2, 0) is 4.79 Å². The number of nitro groups is 1. The van der Waals surface area contributed by atoms with Crippen LogP contribution in [0.15, 0.2) is 29.4 Å². The molecule has 0 fully saturated rings. The molecule has 1 rings (SSSR count). The van der Waals surface area contributed by atoms with Gasteiger partial charge in [-0.3, -0.25) is 14.9 Å². The molecule has 0 saturated heterocycles. The molecule has 0 aliphatic heterocycles. The normalized spacial score (nSPS) is 10.6. The fourth-order valence-corrected chi connectivity index (χ4v) is 1.53. The summed E-state index contributed by atoms with van der Waals surface area (Å²) in [5, 5.41) is 14.5. The van der Waals surface area contributed by atoms with Crippen LogP contribution in [0.25, 0.3) is 0 Å². The van der Waals surface area contributed by atoms with Gasteiger partial charge in [-0.15, -0.1) is 0 Å². The Balaban J connectivity index is 2.53. The molecule has 1 N–H and O–H groups in total. The zero-order valence-corrected chi connectivity index (χ0v) is 10.8. The Kier molecular flexibility index (Phi) is 6.21. The zero-order chi connectivity index (χ0) is 14.1. The van der Waals surface area contributed by atoms with Gasteiger partial charge in [-0.1, -0.05) is 31.9 Å². The third-order valence-electron chi connectivity index (χ3n) is 2.53. The van der Waals surface area contributed by atoms with Crippen LogP contribution >= 0.6 is 0 Å². The van der Waals surface area contributed by atoms with Gasteiger partial charge in [0.05, 0.1) is 16.7 Å². The standard InChI is InChI=1S/C13H17N3O3/c1-2-3-4-9-13(17)15-14-10-11-7-5-6-8-12(11)16(18)19/h5-8,10H,2-4,9H2,1H3,(H,15,17). The molecule has 6 nitrogen and oxygen atoms in total. The van der Waals surface area contributed by atoms with Gasteiger partial charge in [0, 0.05) is 12.5 Å². The summed E-state index contributed by atoms with van der Waals surface area (Å²) in [7, 11) is 0. The number of carbonyl (C=O) groups excluding carboxylic acids is 1. The Morgan fingerprint density at radius 1 is 1.42 bits per heavy atom. The Hall–Kier alpha value is -2.24. The lowest BCUT2D eigenvalue weighted by Crippen LogP contribution is -2.16. The van der Waals surface area contributed by atoms with Crippen molar-refractivity contribution in [2.75, 3.05) is 0 Å². The van der Waals surface area contributed by atoms with Gasteiger partial charge in [-0.25, -0.2) is 5.43 Å². The van der Waals surface area contributed by atoms with Crippen LogP contribution in [0, 0.1) is 10.1 Å². The predicted molar refractivity (Wildman–Crippen MR) is 73.0 cm³/mol. The number of nitrogens with zero attached hydrogens (tertiary/aromatic N) is 2. The van der Waals surface area contributed by atoms with Gasteiger partial charge >= 0.3 is 0 Å². The fraction of sp³-hybridized carbons (Fsp3) is 0.385. The average Bonchev–Trinajstić information content (AvgIpc) is 2.39. The van der Waals surface area contributed by atoms with E-state index in [4.69, 9.17) is 0 Å². The molecule has 0 unspecified atom stereocenters. The summed E-state index contributed by atoms with van der Waals surface area (Å²) in [4.78, 5) is 21.6. The number of benzene rings is 1. The van der Waals surface area contributed by atoms with E-state index in [0.29, 0.717) is 12.0 Å². The van der Waals surface area contributed by atoms with E-state index in [1.165, 1.54) is 12.3 Å². The number of nitro benzene ring substituents is 1. The lowest BCUT2D eigenvalue weighted by molar-refractivity contribution is -0.385. The SMILES string of the molecule is CCCCCC(=O)NN=Cc1ccccc1[N+](=O)[O-]. The molecular formula is C13H17N3O3. The lowest BCUT2D eigenvalue weighted by Gasteiger charge is -1.99. The number of nitrogens with one attached hydrogen (secondary N) is 1. The number of amides is 1. The van der Waals surface area contributed by atoms with Crippen molar-refractivity contribution in [3.63, 3.8) is 0 Å². The summed E-state index contributed by atoms with van der Waals surface area (Å²) in [6.07, 6.45) is 4.58. The quantitative estimate of drug-likeness (QED) is 0.355. The van der Waals surface area contributed by atoms with Crippen LogP contribution in [0.4, 0.5) is 5.69 Å². The number of hydrogen-bond donors (Lipinski definition) is 1. The van der Waals surface area contributed by atoms with Crippen LogP contribution in [0.1, 0.15) is 38.2 Å². The molecule has 0 bridgehead atoms. The molecule has 1 aromatic rings. The van der Waals surface area contributed by atoms with Gasteiger partial charge in [-0.05, 0) is 12.5 Å². The van der Waals surface area contributed by atoms with E-state index in [2.05, 4.69) is 17.5 Å². The highest BCUT2D eigenvalue weighted by atomic mass is 16.6. The molecule has 1 amide bonds. The molecule has 0 aliphatic carbocycles. The van der Waals surface area contributed by atoms with E-state index in [1.807, 2.05) is 0 Å². The highest BCUT2D eigenvalue weighted by Gasteiger charge is 2.09. The van der Waals surface area contributed by atoms with Gasteiger partial charge in [0.2, 0.25) is 5.91 Å². The van der Waals surface area contributed by atoms with Crippen LogP contribution in [0.5, 0.6) is 0 Å². The van der Waals surface area contributed by atoms with Crippen LogP contribution in [-0.4, -0.2) is 17.0 Å². The Labute approximate surface area is 111 Å². The van der Waals surface area contributed by atoms with Crippen molar-refractivity contribution in [2.24, 2.45) is 5.10 Å². The second-order valence-electron chi connectivity index (χ2n) is 4.07. The minimum absolute atomic E-state index is 0.0357. The predicted octanol–water partition coefficient (Wildman–Crippen LogP) is 2.63. The summed E-state index contributed by atoms with van der Waals surface area (Å²) < 4.78 is 0. The van der Waals surface area contributed by atoms with E-state index < -0.39 is 4.92 Å². The molecule has 0 aromatic heterocycles. The van der Waals surface area contributed by atoms with Crippen molar-refractivity contribution in [1.82, 2.24) is 5.43 Å². The van der Waals surface area contributed by atoms with Crippen molar-refractivity contribution in [3.8, 4) is 0 Å². The summed E-state index contributed by atoms with van der Waals surface area (Å²) >= 11 is 0. The minimum atomic E-state index is -0.482. The monoisotopic (exact) mass is 263 g/mol. The molecule has 19 heavy (non-hydrogen) atoms. The molecule has 1 aromatic carbocycles. The molecule has 0 radical (unpaired) electrons. The fourth-order valence-electron chi connectivity index (χ4n) is 1.53. The minimum Gasteiger partial charge on any atom is -0.273 e. The molecule has 0 saturated carbocycles. The molecule has 102 valence electrons. The highest BCUT2D eigenvalue weighted by Crippen LogP contribution is 2.14. The molecule has 0 atom stereocenters. The number of para-hydroxylation sites is 1. The van der Waals surface area contributed by atoms with E-state index in [0.717, 1.165) is 19.3 Å². The van der Waals surface area contributed by atoms with Gasteiger partial charge in [0.1, 0.15) is 0 Å². The second-order valence-corrected chi connectivity index (χ2v) is 4.07. The third kappa shape index (κ3) is 5.29. The van der Waals surface area contributed by atoms with Crippen molar-refractivity contribution in [2.45, 2.75) is 32.6 Å². The van der Waals surface area contributed by atoms with E-state index in [1.54, 1.807) is 18.2 Å². The first kappa shape index (κ1) is 14.8. The Morgan fingerprint density at radius 2 is 2.16 bits per heavy atom. The smallest absolute Gasteiger partial charge is 0.273 e. The maximum atomic E-state index is 11.4. The number of hydrogen-bond acceptors (Lipinski definition) is 4. The maximum absolute atomic E-state index is 11.4. The first-order chi connectivity index (χ1) is 9.15. The van der Waals surface area contributed by atoms with Gasteiger partial charge < -0.3 is 0 Å². The van der Waals surface area contributed by atoms with Crippen LogP contribution < -0.4 is 5.43 Å². The topological polar surface area (TPSA) is 84.6 Å². The lowest BCUT2D eigenvalue weighted by atomic mass is 10.2. The van der Waals surface area contributed by atoms with Gasteiger partial charge in [-0.2, -0.15) is 5.10 Å². The highest BCUT2D eigenvalue weighted by molar-refractivity contribution is 5.86. The number of carbonyl (C=O) groups is 1. The number of unbranched alkanes of at least 4 members (excludes halogenated alkanes) is 2. The molecule has 0 heterocycles. The first-order valence-corrected chi connectivity index (χ1v) is 6.20. The number of rotatable bonds is 7. The van der Waals surface area contributed by atoms with E-state index in [-0.39, 0.29) is 11.6 Å². The molecule has 0 aliphatic rings. The van der Waals surface area contributed by atoms with Crippen molar-refractivity contribution >= 4 is 17.8 Å². The van der Waals surface area contributed by atoms with Crippen molar-refractivity contribution in [3.05, 3.63) is 39.9 Å². The average molecular weight is 263 g/mol. The first-order valence-electron chi connectivity index (χ1n) is 6.20. The summed E-state index contributed by atoms with van der Waals surface area (Å²) in [5.41, 5.74) is 2.69. The summed E-state index contributed by atoms with van der Waals surface area (Å²) in [6.45, 7) is 2.06. The summed E-state index contributed by atoms with van der Waals surface area (Å²) in [5.74, 6) is -0.178. The van der Waals surface area contributed by atoms with Gasteiger partial charge in [0.15, 0.2) is 0 Å². The summed E-state index contributed by atoms with van der Waals surface area (Å²) in [6, 6.07) is 6.23. The zero-order valence-electron chi connectivity index (χ0n) is 10.8. The van der Waals surface area contributed by atoms with Gasteiger partial charge in [0.25, 0.3) is 5.69 Å². The van der Waals surface area contributed by atoms with Crippen molar-refractivity contribution in [1.29, 1.82) is 0 Å². The van der Waals surface area contributed by atoms with E-state index in [9.17, 15) is 14.9 Å². The number of hydrazone groups is 1. The van der Waals surface area contributed by atoms with Crippen LogP contribution in [0.2, 0.25) is 0 Å². The Bertz CT molecular complexity index is 472. The molecule has 0 spiro atoms. The second kappa shape index (κ2) is 7.97. The maximum Gasteiger partial charge on any atom is 0.278 e. The van der Waals surface area contributed by atoms with E-state index >= 15 is 0 Å². The molecule has 6 heteroatoms. The van der Waals surface area contributed by atoms with Crippen molar-refractivity contribution < 1.29 is 9.72 Å². The Morgan fingerprint density at radius 3 is 2.84 bits per heavy atom. The van der Waals surface area contributed by atoms with Crippen LogP contribution in [0.3, 0.4) is 0 Å². The molecular weight excluding hydrogens is 246 g/mol.